The lowest BCUT2D eigenvalue weighted by molar-refractivity contribution is -0.387. The van der Waals surface area contributed by atoms with Crippen LogP contribution in [-0.4, -0.2) is 18.0 Å². The molecule has 1 aromatic carbocycles. The van der Waals surface area contributed by atoms with Gasteiger partial charge in [0.25, 0.3) is 0 Å². The van der Waals surface area contributed by atoms with Gasteiger partial charge >= 0.3 is 5.69 Å². The minimum atomic E-state index is -0.700. The fourth-order valence-corrected chi connectivity index (χ4v) is 2.01. The molecule has 0 aliphatic rings. The zero-order chi connectivity index (χ0) is 13.5. The molecule has 0 aromatic heterocycles. The van der Waals surface area contributed by atoms with Gasteiger partial charge in [-0.05, 0) is 31.9 Å². The number of aryl methyl sites for hydroxylation is 1. The van der Waals surface area contributed by atoms with E-state index in [0.717, 1.165) is 19.3 Å². The first kappa shape index (κ1) is 14.6. The standard InChI is InChI=1S/C13H19FN2O2/c1-3-5-11(15-2)9-8-10-6-4-7-12(13(10)14)16(17)18/h4,6-7,11,15H,3,5,8-9H2,1-2H3. The zero-order valence-electron chi connectivity index (χ0n) is 10.8. The average molecular weight is 254 g/mol. The molecule has 0 amide bonds. The van der Waals surface area contributed by atoms with Crippen molar-refractivity contribution >= 4 is 5.69 Å². The van der Waals surface area contributed by atoms with Crippen LogP contribution in [0.2, 0.25) is 0 Å². The maximum atomic E-state index is 13.8. The molecule has 100 valence electrons. The summed E-state index contributed by atoms with van der Waals surface area (Å²) in [6, 6.07) is 4.67. The number of benzene rings is 1. The first-order valence-corrected chi connectivity index (χ1v) is 6.19. The van der Waals surface area contributed by atoms with E-state index in [1.54, 1.807) is 6.07 Å². The van der Waals surface area contributed by atoms with Gasteiger partial charge in [0, 0.05) is 12.1 Å². The average Bonchev–Trinajstić information content (AvgIpc) is 2.35. The third-order valence-electron chi connectivity index (χ3n) is 3.06. The summed E-state index contributed by atoms with van der Waals surface area (Å²) in [5.41, 5.74) is -0.0236. The summed E-state index contributed by atoms with van der Waals surface area (Å²) < 4.78 is 13.8. The molecule has 0 fully saturated rings. The Kier molecular flexibility index (Phi) is 5.71. The van der Waals surface area contributed by atoms with Crippen molar-refractivity contribution in [2.75, 3.05) is 7.05 Å². The first-order chi connectivity index (χ1) is 8.60. The summed E-state index contributed by atoms with van der Waals surface area (Å²) in [5.74, 6) is -0.700. The van der Waals surface area contributed by atoms with Crippen molar-refractivity contribution in [2.24, 2.45) is 0 Å². The monoisotopic (exact) mass is 254 g/mol. The van der Waals surface area contributed by atoms with Crippen LogP contribution in [-0.2, 0) is 6.42 Å². The molecule has 0 saturated heterocycles. The lowest BCUT2D eigenvalue weighted by Crippen LogP contribution is -2.25. The van der Waals surface area contributed by atoms with Crippen molar-refractivity contribution in [2.45, 2.75) is 38.6 Å². The van der Waals surface area contributed by atoms with Gasteiger partial charge in [0.1, 0.15) is 0 Å². The summed E-state index contributed by atoms with van der Waals surface area (Å²) in [6.45, 7) is 2.10. The maximum Gasteiger partial charge on any atom is 0.305 e. The number of rotatable bonds is 7. The van der Waals surface area contributed by atoms with E-state index >= 15 is 0 Å². The van der Waals surface area contributed by atoms with Crippen LogP contribution in [0.4, 0.5) is 10.1 Å². The summed E-state index contributed by atoms with van der Waals surface area (Å²) >= 11 is 0. The van der Waals surface area contributed by atoms with E-state index in [9.17, 15) is 14.5 Å². The van der Waals surface area contributed by atoms with Gasteiger partial charge in [-0.1, -0.05) is 25.5 Å². The van der Waals surface area contributed by atoms with E-state index in [0.29, 0.717) is 18.0 Å². The summed E-state index contributed by atoms with van der Waals surface area (Å²) in [5, 5.41) is 13.8. The zero-order valence-corrected chi connectivity index (χ0v) is 10.8. The molecule has 0 saturated carbocycles. The van der Waals surface area contributed by atoms with Crippen molar-refractivity contribution in [1.82, 2.24) is 5.32 Å². The van der Waals surface area contributed by atoms with E-state index in [-0.39, 0.29) is 0 Å². The lowest BCUT2D eigenvalue weighted by Gasteiger charge is -2.15. The molecule has 1 atom stereocenters. The van der Waals surface area contributed by atoms with Crippen LogP contribution in [0, 0.1) is 15.9 Å². The van der Waals surface area contributed by atoms with Crippen molar-refractivity contribution < 1.29 is 9.31 Å². The fraction of sp³-hybridized carbons (Fsp3) is 0.538. The molecular formula is C13H19FN2O2. The van der Waals surface area contributed by atoms with Gasteiger partial charge in [-0.25, -0.2) is 0 Å². The van der Waals surface area contributed by atoms with Crippen LogP contribution >= 0.6 is 0 Å². The fourth-order valence-electron chi connectivity index (χ4n) is 2.01. The molecule has 0 aliphatic heterocycles. The van der Waals surface area contributed by atoms with Gasteiger partial charge in [-0.15, -0.1) is 0 Å². The molecule has 18 heavy (non-hydrogen) atoms. The molecular weight excluding hydrogens is 235 g/mol. The van der Waals surface area contributed by atoms with Crippen LogP contribution < -0.4 is 5.32 Å². The number of nitrogens with one attached hydrogen (secondary N) is 1. The van der Waals surface area contributed by atoms with E-state index in [1.165, 1.54) is 12.1 Å². The number of nitro benzene ring substituents is 1. The molecule has 0 aliphatic carbocycles. The smallest absolute Gasteiger partial charge is 0.305 e. The third kappa shape index (κ3) is 3.77. The number of nitro groups is 1. The van der Waals surface area contributed by atoms with Gasteiger partial charge in [0.2, 0.25) is 5.82 Å². The van der Waals surface area contributed by atoms with Gasteiger partial charge in [0.05, 0.1) is 4.92 Å². The second-order valence-electron chi connectivity index (χ2n) is 4.32. The Labute approximate surface area is 106 Å². The van der Waals surface area contributed by atoms with E-state index in [4.69, 9.17) is 0 Å². The second kappa shape index (κ2) is 7.06. The second-order valence-corrected chi connectivity index (χ2v) is 4.32. The molecule has 1 aromatic rings. The Morgan fingerprint density at radius 2 is 2.17 bits per heavy atom. The quantitative estimate of drug-likeness (QED) is 0.601. The molecule has 1 N–H and O–H groups in total. The summed E-state index contributed by atoms with van der Waals surface area (Å²) in [4.78, 5) is 9.94. The number of hydrogen-bond donors (Lipinski definition) is 1. The lowest BCUT2D eigenvalue weighted by atomic mass is 10.0. The third-order valence-corrected chi connectivity index (χ3v) is 3.06. The van der Waals surface area contributed by atoms with Crippen molar-refractivity contribution in [3.63, 3.8) is 0 Å². The number of nitrogens with zero attached hydrogens (tertiary/aromatic N) is 1. The Morgan fingerprint density at radius 1 is 1.44 bits per heavy atom. The molecule has 0 heterocycles. The normalized spacial score (nSPS) is 12.4. The molecule has 0 bridgehead atoms. The summed E-state index contributed by atoms with van der Waals surface area (Å²) in [6.07, 6.45) is 3.37. The molecule has 5 heteroatoms. The van der Waals surface area contributed by atoms with Crippen molar-refractivity contribution in [3.05, 3.63) is 39.7 Å². The van der Waals surface area contributed by atoms with E-state index in [2.05, 4.69) is 12.2 Å². The van der Waals surface area contributed by atoms with Crippen LogP contribution in [0.5, 0.6) is 0 Å². The van der Waals surface area contributed by atoms with Crippen LogP contribution in [0.1, 0.15) is 31.7 Å². The van der Waals surface area contributed by atoms with Crippen LogP contribution in [0.3, 0.4) is 0 Å². The Morgan fingerprint density at radius 3 is 2.72 bits per heavy atom. The van der Waals surface area contributed by atoms with E-state index < -0.39 is 16.4 Å². The Balaban J connectivity index is 2.73. The molecule has 0 radical (unpaired) electrons. The van der Waals surface area contributed by atoms with Crippen molar-refractivity contribution in [1.29, 1.82) is 0 Å². The SMILES string of the molecule is CCCC(CCc1cccc([N+](=O)[O-])c1F)NC. The van der Waals surface area contributed by atoms with Gasteiger partial charge < -0.3 is 5.32 Å². The highest BCUT2D eigenvalue weighted by Gasteiger charge is 2.17. The molecule has 1 rings (SSSR count). The molecule has 0 spiro atoms. The Bertz CT molecular complexity index is 410. The Hall–Kier alpha value is -1.49. The molecule has 1 unspecified atom stereocenters. The van der Waals surface area contributed by atoms with Crippen LogP contribution in [0.15, 0.2) is 18.2 Å². The minimum Gasteiger partial charge on any atom is -0.317 e. The number of hydrogen-bond acceptors (Lipinski definition) is 3. The van der Waals surface area contributed by atoms with Gasteiger partial charge in [-0.2, -0.15) is 4.39 Å². The predicted octanol–water partition coefficient (Wildman–Crippen LogP) is 3.05. The van der Waals surface area contributed by atoms with Gasteiger partial charge in [-0.3, -0.25) is 10.1 Å². The minimum absolute atomic E-state index is 0.327. The van der Waals surface area contributed by atoms with Crippen LogP contribution in [0.25, 0.3) is 0 Å². The largest absolute Gasteiger partial charge is 0.317 e. The highest BCUT2D eigenvalue weighted by Crippen LogP contribution is 2.21. The van der Waals surface area contributed by atoms with Crippen molar-refractivity contribution in [3.8, 4) is 0 Å². The highest BCUT2D eigenvalue weighted by molar-refractivity contribution is 5.36. The van der Waals surface area contributed by atoms with E-state index in [1.807, 2.05) is 7.05 Å². The van der Waals surface area contributed by atoms with Gasteiger partial charge in [0.15, 0.2) is 0 Å². The topological polar surface area (TPSA) is 55.2 Å². The first-order valence-electron chi connectivity index (χ1n) is 6.19. The summed E-state index contributed by atoms with van der Waals surface area (Å²) in [7, 11) is 1.88. The maximum absolute atomic E-state index is 13.8. The predicted molar refractivity (Wildman–Crippen MR) is 69.1 cm³/mol. The molecule has 4 nitrogen and oxygen atoms in total. The highest BCUT2D eigenvalue weighted by atomic mass is 19.1. The number of halogens is 1.